The van der Waals surface area contributed by atoms with Crippen LogP contribution in [0, 0.1) is 0 Å². The van der Waals surface area contributed by atoms with Gasteiger partial charge in [0.25, 0.3) is 5.91 Å². The summed E-state index contributed by atoms with van der Waals surface area (Å²) in [6.07, 6.45) is 0. The first-order valence-corrected chi connectivity index (χ1v) is 5.46. The van der Waals surface area contributed by atoms with Crippen LogP contribution in [0.4, 0.5) is 5.69 Å². The molecule has 0 saturated carbocycles. The Morgan fingerprint density at radius 3 is 2.35 bits per heavy atom. The van der Waals surface area contributed by atoms with Gasteiger partial charge in [-0.05, 0) is 17.2 Å². The molecule has 0 saturated heterocycles. The summed E-state index contributed by atoms with van der Waals surface area (Å²) in [5.41, 5.74) is 2.67. The van der Waals surface area contributed by atoms with E-state index in [2.05, 4.69) is 10.2 Å². The number of rotatable bonds is 1. The molecule has 1 amide bonds. The first kappa shape index (κ1) is 9.90. The lowest BCUT2D eigenvalue weighted by Gasteiger charge is -2.18. The largest absolute Gasteiger partial charge is 0.276 e. The summed E-state index contributed by atoms with van der Waals surface area (Å²) in [5.74, 6) is -0.514. The molecule has 1 aliphatic rings. The minimum absolute atomic E-state index is 0.199. The smallest absolute Gasteiger partial charge is 0.270 e. The Bertz CT molecular complexity index is 590. The quantitative estimate of drug-likeness (QED) is 0.728. The molecule has 0 bridgehead atoms. The van der Waals surface area contributed by atoms with Crippen LogP contribution in [0.25, 0.3) is 0 Å². The average molecular weight is 222 g/mol. The van der Waals surface area contributed by atoms with Gasteiger partial charge in [-0.25, -0.2) is 0 Å². The number of carbonyl (C=O) groups is 1. The standard InChI is InChI=1S/C14H10N2O/c17-14-13(10-6-2-1-3-7-10)11-8-4-5-9-12(11)15-16-14/h1-9,13H. The van der Waals surface area contributed by atoms with E-state index < -0.39 is 0 Å². The van der Waals surface area contributed by atoms with E-state index >= 15 is 0 Å². The third-order valence-corrected chi connectivity index (χ3v) is 2.88. The Kier molecular flexibility index (Phi) is 2.29. The Hall–Kier alpha value is -2.29. The summed E-state index contributed by atoms with van der Waals surface area (Å²) in [6, 6.07) is 17.3. The zero-order valence-electron chi connectivity index (χ0n) is 9.08. The van der Waals surface area contributed by atoms with Crippen LogP contribution in [0.1, 0.15) is 17.0 Å². The van der Waals surface area contributed by atoms with Crippen LogP contribution in [-0.2, 0) is 4.79 Å². The Balaban J connectivity index is 2.17. The second-order valence-corrected chi connectivity index (χ2v) is 3.94. The molecular formula is C14H10N2O. The van der Waals surface area contributed by atoms with Crippen molar-refractivity contribution in [2.45, 2.75) is 5.92 Å². The van der Waals surface area contributed by atoms with Gasteiger partial charge in [0.1, 0.15) is 0 Å². The molecule has 0 fully saturated rings. The Morgan fingerprint density at radius 2 is 1.53 bits per heavy atom. The summed E-state index contributed by atoms with van der Waals surface area (Å²) in [6.45, 7) is 0. The number of hydrogen-bond donors (Lipinski definition) is 0. The van der Waals surface area contributed by atoms with E-state index in [4.69, 9.17) is 0 Å². The zero-order chi connectivity index (χ0) is 11.7. The average Bonchev–Trinajstić information content (AvgIpc) is 2.39. The van der Waals surface area contributed by atoms with Crippen molar-refractivity contribution in [1.82, 2.24) is 0 Å². The molecule has 82 valence electrons. The minimum Gasteiger partial charge on any atom is -0.270 e. The topological polar surface area (TPSA) is 41.8 Å². The van der Waals surface area contributed by atoms with E-state index in [9.17, 15) is 4.79 Å². The van der Waals surface area contributed by atoms with Gasteiger partial charge in [0.05, 0.1) is 11.6 Å². The fourth-order valence-electron chi connectivity index (χ4n) is 2.08. The van der Waals surface area contributed by atoms with Gasteiger partial charge in [-0.2, -0.15) is 0 Å². The maximum absolute atomic E-state index is 11.9. The summed E-state index contributed by atoms with van der Waals surface area (Å²) < 4.78 is 0. The number of fused-ring (bicyclic) bond motifs is 1. The molecule has 0 aliphatic carbocycles. The van der Waals surface area contributed by atoms with E-state index in [1.165, 1.54) is 0 Å². The minimum atomic E-state index is -0.315. The molecule has 0 aromatic heterocycles. The first-order valence-electron chi connectivity index (χ1n) is 5.46. The molecule has 0 spiro atoms. The Morgan fingerprint density at radius 1 is 0.824 bits per heavy atom. The van der Waals surface area contributed by atoms with Crippen molar-refractivity contribution < 1.29 is 4.79 Å². The summed E-state index contributed by atoms with van der Waals surface area (Å²) in [5, 5.41) is 7.64. The van der Waals surface area contributed by atoms with Gasteiger partial charge < -0.3 is 0 Å². The number of benzene rings is 2. The Labute approximate surface area is 98.8 Å². The fourth-order valence-corrected chi connectivity index (χ4v) is 2.08. The van der Waals surface area contributed by atoms with Crippen molar-refractivity contribution in [2.24, 2.45) is 10.2 Å². The first-order chi connectivity index (χ1) is 8.36. The lowest BCUT2D eigenvalue weighted by atomic mass is 9.89. The van der Waals surface area contributed by atoms with Crippen molar-refractivity contribution >= 4 is 11.6 Å². The molecular weight excluding hydrogens is 212 g/mol. The zero-order valence-corrected chi connectivity index (χ0v) is 9.08. The van der Waals surface area contributed by atoms with Crippen LogP contribution in [0.5, 0.6) is 0 Å². The number of hydrogen-bond acceptors (Lipinski definition) is 2. The van der Waals surface area contributed by atoms with Crippen LogP contribution in [0.2, 0.25) is 0 Å². The van der Waals surface area contributed by atoms with Crippen molar-refractivity contribution in [1.29, 1.82) is 0 Å². The molecule has 1 atom stereocenters. The van der Waals surface area contributed by atoms with Crippen LogP contribution in [0.15, 0.2) is 64.8 Å². The SMILES string of the molecule is O=C1N=Nc2ccccc2C1c1ccccc1. The summed E-state index contributed by atoms with van der Waals surface area (Å²) in [7, 11) is 0. The van der Waals surface area contributed by atoms with E-state index in [0.717, 1.165) is 16.8 Å². The molecule has 2 aromatic rings. The normalized spacial score (nSPS) is 17.9. The lowest BCUT2D eigenvalue weighted by molar-refractivity contribution is -0.119. The van der Waals surface area contributed by atoms with Crippen LogP contribution in [-0.4, -0.2) is 5.91 Å². The summed E-state index contributed by atoms with van der Waals surface area (Å²) >= 11 is 0. The number of carbonyl (C=O) groups excluding carboxylic acids is 1. The molecule has 1 heterocycles. The van der Waals surface area contributed by atoms with Gasteiger partial charge in [0, 0.05) is 0 Å². The van der Waals surface area contributed by atoms with E-state index in [-0.39, 0.29) is 11.8 Å². The van der Waals surface area contributed by atoms with Crippen LogP contribution >= 0.6 is 0 Å². The molecule has 0 radical (unpaired) electrons. The summed E-state index contributed by atoms with van der Waals surface area (Å²) in [4.78, 5) is 11.9. The predicted octanol–water partition coefficient (Wildman–Crippen LogP) is 3.44. The van der Waals surface area contributed by atoms with Crippen LogP contribution < -0.4 is 0 Å². The maximum atomic E-state index is 11.9. The third kappa shape index (κ3) is 1.65. The molecule has 2 aromatic carbocycles. The van der Waals surface area contributed by atoms with Gasteiger partial charge in [0.15, 0.2) is 0 Å². The molecule has 3 nitrogen and oxygen atoms in total. The molecule has 1 aliphatic heterocycles. The predicted molar refractivity (Wildman–Crippen MR) is 64.3 cm³/mol. The van der Waals surface area contributed by atoms with E-state index in [0.29, 0.717) is 0 Å². The highest BCUT2D eigenvalue weighted by atomic mass is 16.2. The number of nitrogens with zero attached hydrogens (tertiary/aromatic N) is 2. The molecule has 17 heavy (non-hydrogen) atoms. The number of azo groups is 1. The van der Waals surface area contributed by atoms with E-state index in [1.807, 2.05) is 54.6 Å². The van der Waals surface area contributed by atoms with Crippen molar-refractivity contribution in [3.05, 3.63) is 65.7 Å². The maximum Gasteiger partial charge on any atom is 0.276 e. The van der Waals surface area contributed by atoms with Crippen molar-refractivity contribution in [3.63, 3.8) is 0 Å². The molecule has 1 unspecified atom stereocenters. The van der Waals surface area contributed by atoms with Gasteiger partial charge in [-0.15, -0.1) is 10.2 Å². The lowest BCUT2D eigenvalue weighted by Crippen LogP contribution is -2.14. The number of amides is 1. The van der Waals surface area contributed by atoms with Crippen molar-refractivity contribution in [2.75, 3.05) is 0 Å². The molecule has 3 heteroatoms. The van der Waals surface area contributed by atoms with Gasteiger partial charge in [0.2, 0.25) is 0 Å². The van der Waals surface area contributed by atoms with Gasteiger partial charge in [-0.1, -0.05) is 48.5 Å². The highest BCUT2D eigenvalue weighted by Gasteiger charge is 2.27. The van der Waals surface area contributed by atoms with Crippen molar-refractivity contribution in [3.8, 4) is 0 Å². The second-order valence-electron chi connectivity index (χ2n) is 3.94. The van der Waals surface area contributed by atoms with E-state index in [1.54, 1.807) is 0 Å². The van der Waals surface area contributed by atoms with Gasteiger partial charge in [-0.3, -0.25) is 4.79 Å². The monoisotopic (exact) mass is 222 g/mol. The fraction of sp³-hybridized carbons (Fsp3) is 0.0714. The second kappa shape index (κ2) is 3.94. The highest BCUT2D eigenvalue weighted by Crippen LogP contribution is 2.36. The molecule has 0 N–H and O–H groups in total. The third-order valence-electron chi connectivity index (χ3n) is 2.88. The van der Waals surface area contributed by atoms with Gasteiger partial charge >= 0.3 is 0 Å². The molecule has 3 rings (SSSR count). The van der Waals surface area contributed by atoms with Crippen LogP contribution in [0.3, 0.4) is 0 Å². The highest BCUT2D eigenvalue weighted by molar-refractivity contribution is 5.90.